The molecule has 0 bridgehead atoms. The zero-order valence-electron chi connectivity index (χ0n) is 16.0. The number of rotatable bonds is 5. The number of carbonyl (C=O) groups excluding carboxylic acids is 1. The number of aliphatic hydroxyl groups excluding tert-OH is 3. The molecule has 0 aliphatic carbocycles. The zero-order valence-corrected chi connectivity index (χ0v) is 17.0. The lowest BCUT2D eigenvalue weighted by Gasteiger charge is -2.28. The molecule has 10 nitrogen and oxygen atoms in total. The van der Waals surface area contributed by atoms with Gasteiger partial charge in [0.2, 0.25) is 0 Å². The zero-order chi connectivity index (χ0) is 19.8. The van der Waals surface area contributed by atoms with Crippen molar-refractivity contribution in [1.29, 1.82) is 0 Å². The van der Waals surface area contributed by atoms with Crippen molar-refractivity contribution in [3.63, 3.8) is 0 Å². The lowest BCUT2D eigenvalue weighted by Crippen LogP contribution is -2.51. The summed E-state index contributed by atoms with van der Waals surface area (Å²) in [7, 11) is -1.99. The van der Waals surface area contributed by atoms with E-state index in [1.54, 1.807) is 9.58 Å². The van der Waals surface area contributed by atoms with Crippen molar-refractivity contribution in [3.8, 4) is 0 Å². The van der Waals surface area contributed by atoms with E-state index in [9.17, 15) is 20.1 Å². The second kappa shape index (κ2) is 7.93. The molecule has 0 spiro atoms. The van der Waals surface area contributed by atoms with Crippen LogP contribution in [0.1, 0.15) is 10.5 Å². The fourth-order valence-corrected chi connectivity index (χ4v) is 5.48. The second-order valence-electron chi connectivity index (χ2n) is 8.17. The molecule has 2 fully saturated rings. The Morgan fingerprint density at radius 1 is 1.22 bits per heavy atom. The van der Waals surface area contributed by atoms with Crippen LogP contribution in [-0.2, 0) is 11.3 Å². The molecule has 27 heavy (non-hydrogen) atoms. The van der Waals surface area contributed by atoms with Crippen LogP contribution in [-0.4, -0.2) is 106 Å². The third-order valence-corrected chi connectivity index (χ3v) is 7.03. The third kappa shape index (κ3) is 4.07. The SMILES string of the molecule is C[Si](C)(C)c1c(C(=O)N2CCOCC2)nnn1C[C@H]1N[C@H](CO)[C@@H](O)[C@@H]1O. The summed E-state index contributed by atoms with van der Waals surface area (Å²) in [6, 6.07) is -1.07. The highest BCUT2D eigenvalue weighted by molar-refractivity contribution is 6.88. The molecule has 1 aromatic rings. The van der Waals surface area contributed by atoms with Crippen LogP contribution in [0.15, 0.2) is 0 Å². The second-order valence-corrected chi connectivity index (χ2v) is 13.1. The lowest BCUT2D eigenvalue weighted by atomic mass is 10.1. The number of morpholine rings is 1. The number of ether oxygens (including phenoxy) is 1. The van der Waals surface area contributed by atoms with Gasteiger partial charge >= 0.3 is 0 Å². The number of aliphatic hydroxyl groups is 3. The number of nitrogens with zero attached hydrogens (tertiary/aromatic N) is 4. The molecular formula is C16H29N5O5Si. The number of amides is 1. The fraction of sp³-hybridized carbons (Fsp3) is 0.812. The van der Waals surface area contributed by atoms with Gasteiger partial charge in [0.1, 0.15) is 8.07 Å². The first kappa shape index (κ1) is 20.4. The van der Waals surface area contributed by atoms with Crippen molar-refractivity contribution in [2.75, 3.05) is 32.9 Å². The van der Waals surface area contributed by atoms with Gasteiger partial charge in [-0.3, -0.25) is 9.48 Å². The Hall–Kier alpha value is -1.37. The van der Waals surface area contributed by atoms with Crippen LogP contribution in [0, 0.1) is 0 Å². The van der Waals surface area contributed by atoms with E-state index in [0.29, 0.717) is 32.0 Å². The van der Waals surface area contributed by atoms with E-state index in [2.05, 4.69) is 35.3 Å². The van der Waals surface area contributed by atoms with Crippen LogP contribution >= 0.6 is 0 Å². The molecule has 0 aromatic carbocycles. The molecule has 0 unspecified atom stereocenters. The number of hydrogen-bond donors (Lipinski definition) is 4. The Kier molecular flexibility index (Phi) is 5.98. The first-order valence-electron chi connectivity index (χ1n) is 9.28. The largest absolute Gasteiger partial charge is 0.395 e. The van der Waals surface area contributed by atoms with Gasteiger partial charge in [-0.1, -0.05) is 24.9 Å². The van der Waals surface area contributed by atoms with Crippen LogP contribution in [0.5, 0.6) is 0 Å². The maximum atomic E-state index is 13.0. The van der Waals surface area contributed by atoms with Gasteiger partial charge in [-0.25, -0.2) is 0 Å². The van der Waals surface area contributed by atoms with E-state index in [1.165, 1.54) is 0 Å². The molecule has 4 atom stereocenters. The Bertz CT molecular complexity index is 673. The van der Waals surface area contributed by atoms with E-state index in [0.717, 1.165) is 5.32 Å². The fourth-order valence-electron chi connectivity index (χ4n) is 3.70. The average Bonchev–Trinajstić information content (AvgIpc) is 3.18. The summed E-state index contributed by atoms with van der Waals surface area (Å²) < 4.78 is 6.99. The van der Waals surface area contributed by atoms with Gasteiger partial charge in [0.25, 0.3) is 5.91 Å². The topological polar surface area (TPSA) is 133 Å². The molecule has 1 amide bonds. The van der Waals surface area contributed by atoms with E-state index in [1.807, 2.05) is 0 Å². The van der Waals surface area contributed by atoms with Crippen molar-refractivity contribution in [3.05, 3.63) is 5.69 Å². The van der Waals surface area contributed by atoms with E-state index in [4.69, 9.17) is 4.74 Å². The Morgan fingerprint density at radius 2 is 1.85 bits per heavy atom. The van der Waals surface area contributed by atoms with Crippen molar-refractivity contribution >= 4 is 19.3 Å². The van der Waals surface area contributed by atoms with Gasteiger partial charge in [-0.2, -0.15) is 0 Å². The first-order chi connectivity index (χ1) is 12.7. The minimum absolute atomic E-state index is 0.143. The molecule has 0 radical (unpaired) electrons. The lowest BCUT2D eigenvalue weighted by molar-refractivity contribution is 0.0176. The highest BCUT2D eigenvalue weighted by Gasteiger charge is 2.42. The minimum Gasteiger partial charge on any atom is -0.395 e. The Balaban J connectivity index is 1.86. The van der Waals surface area contributed by atoms with Crippen LogP contribution < -0.4 is 10.6 Å². The summed E-state index contributed by atoms with van der Waals surface area (Å²) in [4.78, 5) is 14.7. The summed E-state index contributed by atoms with van der Waals surface area (Å²) in [5, 5.41) is 41.8. The van der Waals surface area contributed by atoms with Crippen LogP contribution in [0.4, 0.5) is 0 Å². The summed E-state index contributed by atoms with van der Waals surface area (Å²) >= 11 is 0. The molecule has 2 saturated heterocycles. The molecule has 2 aliphatic rings. The van der Waals surface area contributed by atoms with Crippen LogP contribution in [0.3, 0.4) is 0 Å². The Labute approximate surface area is 159 Å². The van der Waals surface area contributed by atoms with E-state index in [-0.39, 0.29) is 19.1 Å². The molecule has 2 aliphatic heterocycles. The monoisotopic (exact) mass is 399 g/mol. The molecule has 11 heteroatoms. The van der Waals surface area contributed by atoms with Gasteiger partial charge < -0.3 is 30.3 Å². The quantitative estimate of drug-likeness (QED) is 0.395. The minimum atomic E-state index is -1.99. The predicted molar refractivity (Wildman–Crippen MR) is 99.5 cm³/mol. The van der Waals surface area contributed by atoms with Gasteiger partial charge in [0.15, 0.2) is 5.69 Å². The molecular weight excluding hydrogens is 370 g/mol. The van der Waals surface area contributed by atoms with Gasteiger partial charge in [0, 0.05) is 13.1 Å². The third-order valence-electron chi connectivity index (χ3n) is 5.12. The smallest absolute Gasteiger partial charge is 0.276 e. The highest BCUT2D eigenvalue weighted by Crippen LogP contribution is 2.17. The molecule has 1 aromatic heterocycles. The molecule has 4 N–H and O–H groups in total. The predicted octanol–water partition coefficient (Wildman–Crippen LogP) is -2.65. The number of nitrogens with one attached hydrogen (secondary N) is 1. The van der Waals surface area contributed by atoms with E-state index >= 15 is 0 Å². The van der Waals surface area contributed by atoms with Gasteiger partial charge in [-0.15, -0.1) is 5.10 Å². The molecule has 152 valence electrons. The maximum absolute atomic E-state index is 13.0. The van der Waals surface area contributed by atoms with E-state index < -0.39 is 32.4 Å². The number of carbonyl (C=O) groups is 1. The summed E-state index contributed by atoms with van der Waals surface area (Å²) in [6.07, 6.45) is -2.08. The van der Waals surface area contributed by atoms with Crippen molar-refractivity contribution < 1.29 is 24.9 Å². The average molecular weight is 400 g/mol. The number of aromatic nitrogens is 3. The van der Waals surface area contributed by atoms with Crippen LogP contribution in [0.2, 0.25) is 19.6 Å². The van der Waals surface area contributed by atoms with Gasteiger partial charge in [-0.05, 0) is 0 Å². The standard InChI is InChI=1S/C16H29N5O5Si/c1-27(2,3)16-12(15(25)20-4-6-26-7-5-20)18-19-21(16)8-10-13(23)14(24)11(9-22)17-10/h10-11,13-14,17,22-24H,4-9H2,1-3H3/t10-,11-,13-,14-/m1/s1. The summed E-state index contributed by atoms with van der Waals surface area (Å²) in [5.41, 5.74) is 0.364. The molecule has 3 rings (SSSR count). The van der Waals surface area contributed by atoms with Gasteiger partial charge in [0.05, 0.1) is 56.0 Å². The first-order valence-corrected chi connectivity index (χ1v) is 12.8. The van der Waals surface area contributed by atoms with Crippen LogP contribution in [0.25, 0.3) is 0 Å². The van der Waals surface area contributed by atoms with Crippen molar-refractivity contribution in [2.45, 2.75) is 50.5 Å². The maximum Gasteiger partial charge on any atom is 0.276 e. The summed E-state index contributed by atoms with van der Waals surface area (Å²) in [6.45, 7) is 8.42. The normalized spacial score (nSPS) is 29.3. The van der Waals surface area contributed by atoms with Crippen molar-refractivity contribution in [2.24, 2.45) is 0 Å². The molecule has 0 saturated carbocycles. The molecule has 3 heterocycles. The highest BCUT2D eigenvalue weighted by atomic mass is 28.3. The van der Waals surface area contributed by atoms with Crippen molar-refractivity contribution in [1.82, 2.24) is 25.2 Å². The number of hydrogen-bond acceptors (Lipinski definition) is 8. The summed E-state index contributed by atoms with van der Waals surface area (Å²) in [5.74, 6) is -0.143. The Morgan fingerprint density at radius 3 is 2.41 bits per heavy atom.